The molecule has 0 saturated carbocycles. The van der Waals surface area contributed by atoms with Crippen molar-refractivity contribution in [2.24, 2.45) is 0 Å². The molecule has 0 radical (unpaired) electrons. The van der Waals surface area contributed by atoms with Crippen LogP contribution in [0.4, 0.5) is 11.6 Å². The Balaban J connectivity index is 1.79. The number of esters is 1. The van der Waals surface area contributed by atoms with E-state index >= 15 is 0 Å². The number of aromatic amines is 1. The van der Waals surface area contributed by atoms with Gasteiger partial charge >= 0.3 is 5.97 Å². The summed E-state index contributed by atoms with van der Waals surface area (Å²) in [4.78, 5) is 19.1. The molecule has 0 amide bonds. The minimum Gasteiger partial charge on any atom is -0.462 e. The number of nitrogens with zero attached hydrogens (tertiary/aromatic N) is 2. The monoisotopic (exact) mass is 306 g/mol. The maximum atomic E-state index is 11.6. The highest BCUT2D eigenvalue weighted by molar-refractivity contribution is 5.90. The normalized spacial score (nSPS) is 10.3. The van der Waals surface area contributed by atoms with Crippen LogP contribution in [0.2, 0.25) is 0 Å². The van der Waals surface area contributed by atoms with E-state index in [1.54, 1.807) is 49.4 Å². The summed E-state index contributed by atoms with van der Waals surface area (Å²) < 4.78 is 4.94. The molecule has 1 heterocycles. The largest absolute Gasteiger partial charge is 0.462 e. The van der Waals surface area contributed by atoms with Gasteiger partial charge < -0.3 is 15.0 Å². The number of rotatable bonds is 4. The molecule has 0 atom stereocenters. The number of carbonyl (C=O) groups is 1. The summed E-state index contributed by atoms with van der Waals surface area (Å²) in [6, 6.07) is 14.3. The van der Waals surface area contributed by atoms with E-state index in [0.29, 0.717) is 23.7 Å². The fourth-order valence-electron chi connectivity index (χ4n) is 2.18. The van der Waals surface area contributed by atoms with E-state index in [-0.39, 0.29) is 5.97 Å². The Morgan fingerprint density at radius 3 is 2.78 bits per heavy atom. The predicted molar refractivity (Wildman–Crippen MR) is 86.5 cm³/mol. The number of nitriles is 1. The molecule has 0 saturated heterocycles. The van der Waals surface area contributed by atoms with Gasteiger partial charge in [-0.25, -0.2) is 9.78 Å². The van der Waals surface area contributed by atoms with Gasteiger partial charge in [-0.15, -0.1) is 0 Å². The van der Waals surface area contributed by atoms with Crippen molar-refractivity contribution in [2.45, 2.75) is 6.92 Å². The first kappa shape index (κ1) is 14.6. The van der Waals surface area contributed by atoms with Gasteiger partial charge in [0.1, 0.15) is 0 Å². The van der Waals surface area contributed by atoms with Crippen LogP contribution in [0, 0.1) is 11.3 Å². The Bertz CT molecular complexity index is 891. The predicted octanol–water partition coefficient (Wildman–Crippen LogP) is 3.35. The number of nitrogens with one attached hydrogen (secondary N) is 2. The molecule has 6 nitrogen and oxygen atoms in total. The van der Waals surface area contributed by atoms with Crippen LogP contribution in [0.15, 0.2) is 42.5 Å². The lowest BCUT2D eigenvalue weighted by molar-refractivity contribution is 0.0526. The maximum Gasteiger partial charge on any atom is 0.338 e. The average molecular weight is 306 g/mol. The zero-order valence-electron chi connectivity index (χ0n) is 12.5. The van der Waals surface area contributed by atoms with Crippen LogP contribution in [0.25, 0.3) is 11.0 Å². The summed E-state index contributed by atoms with van der Waals surface area (Å²) in [6.45, 7) is 2.12. The number of anilines is 2. The number of H-pyrrole nitrogens is 1. The van der Waals surface area contributed by atoms with Gasteiger partial charge in [0.15, 0.2) is 0 Å². The highest BCUT2D eigenvalue weighted by Crippen LogP contribution is 2.19. The van der Waals surface area contributed by atoms with Crippen LogP contribution >= 0.6 is 0 Å². The van der Waals surface area contributed by atoms with Gasteiger partial charge in [-0.1, -0.05) is 0 Å². The van der Waals surface area contributed by atoms with Crippen molar-refractivity contribution in [3.8, 4) is 6.07 Å². The smallest absolute Gasteiger partial charge is 0.338 e. The topological polar surface area (TPSA) is 90.8 Å². The highest BCUT2D eigenvalue weighted by atomic mass is 16.5. The molecule has 0 bridgehead atoms. The molecule has 2 aromatic carbocycles. The number of carbonyl (C=O) groups excluding carboxylic acids is 1. The van der Waals surface area contributed by atoms with Gasteiger partial charge in [-0.2, -0.15) is 5.26 Å². The number of aromatic nitrogens is 2. The van der Waals surface area contributed by atoms with Gasteiger partial charge in [0.25, 0.3) is 0 Å². The second-order valence-corrected chi connectivity index (χ2v) is 4.85. The summed E-state index contributed by atoms with van der Waals surface area (Å²) in [6.07, 6.45) is 0. The van der Waals surface area contributed by atoms with Gasteiger partial charge in [0.05, 0.1) is 34.8 Å². The molecule has 3 aromatic rings. The Labute approximate surface area is 132 Å². The number of fused-ring (bicyclic) bond motifs is 1. The third-order valence-corrected chi connectivity index (χ3v) is 3.27. The van der Waals surface area contributed by atoms with Crippen LogP contribution < -0.4 is 5.32 Å². The number of imidazole rings is 1. The first-order valence-electron chi connectivity index (χ1n) is 7.13. The number of benzene rings is 2. The van der Waals surface area contributed by atoms with Gasteiger partial charge in [0.2, 0.25) is 5.95 Å². The fraction of sp³-hybridized carbons (Fsp3) is 0.118. The van der Waals surface area contributed by atoms with E-state index in [9.17, 15) is 4.79 Å². The molecular weight excluding hydrogens is 292 g/mol. The molecule has 0 aliphatic carbocycles. The summed E-state index contributed by atoms with van der Waals surface area (Å²) in [5.41, 5.74) is 3.43. The van der Waals surface area contributed by atoms with Crippen molar-refractivity contribution in [1.82, 2.24) is 9.97 Å². The quantitative estimate of drug-likeness (QED) is 0.721. The molecule has 2 N–H and O–H groups in total. The second kappa shape index (κ2) is 6.20. The molecule has 1 aromatic heterocycles. The van der Waals surface area contributed by atoms with Crippen molar-refractivity contribution in [1.29, 1.82) is 5.26 Å². The SMILES string of the molecule is CCOC(=O)c1ccc(Nc2nc3ccc(C#N)cc3[nH]2)cc1. The first-order chi connectivity index (χ1) is 11.2. The summed E-state index contributed by atoms with van der Waals surface area (Å²) >= 11 is 0. The molecule has 0 aliphatic rings. The Kier molecular flexibility index (Phi) is 3.93. The van der Waals surface area contributed by atoms with E-state index in [4.69, 9.17) is 10.00 Å². The van der Waals surface area contributed by atoms with Crippen molar-refractivity contribution < 1.29 is 9.53 Å². The van der Waals surface area contributed by atoms with E-state index in [1.165, 1.54) is 0 Å². The molecule has 0 fully saturated rings. The van der Waals surface area contributed by atoms with Gasteiger partial charge in [0, 0.05) is 5.69 Å². The molecule has 0 unspecified atom stereocenters. The molecular formula is C17H14N4O2. The minimum atomic E-state index is -0.341. The molecule has 6 heteroatoms. The third kappa shape index (κ3) is 3.14. The Morgan fingerprint density at radius 1 is 1.30 bits per heavy atom. The summed E-state index contributed by atoms with van der Waals surface area (Å²) in [5.74, 6) is 0.228. The number of hydrogen-bond donors (Lipinski definition) is 2. The van der Waals surface area contributed by atoms with Crippen LogP contribution in [-0.2, 0) is 4.74 Å². The van der Waals surface area contributed by atoms with Crippen LogP contribution in [0.3, 0.4) is 0 Å². The average Bonchev–Trinajstić information content (AvgIpc) is 2.96. The lowest BCUT2D eigenvalue weighted by Crippen LogP contribution is -2.04. The van der Waals surface area contributed by atoms with Crippen LogP contribution in [0.5, 0.6) is 0 Å². The van der Waals surface area contributed by atoms with E-state index in [1.807, 2.05) is 0 Å². The summed E-state index contributed by atoms with van der Waals surface area (Å²) in [7, 11) is 0. The maximum absolute atomic E-state index is 11.6. The minimum absolute atomic E-state index is 0.341. The molecule has 0 aliphatic heterocycles. The van der Waals surface area contributed by atoms with Crippen molar-refractivity contribution in [2.75, 3.05) is 11.9 Å². The lowest BCUT2D eigenvalue weighted by Gasteiger charge is -2.04. The third-order valence-electron chi connectivity index (χ3n) is 3.27. The second-order valence-electron chi connectivity index (χ2n) is 4.85. The zero-order chi connectivity index (χ0) is 16.2. The molecule has 3 rings (SSSR count). The van der Waals surface area contributed by atoms with Crippen LogP contribution in [-0.4, -0.2) is 22.5 Å². The molecule has 0 spiro atoms. The van der Waals surface area contributed by atoms with E-state index in [0.717, 1.165) is 16.7 Å². The van der Waals surface area contributed by atoms with Gasteiger partial charge in [-0.05, 0) is 49.4 Å². The lowest BCUT2D eigenvalue weighted by atomic mass is 10.2. The Morgan fingerprint density at radius 2 is 2.09 bits per heavy atom. The number of ether oxygens (including phenoxy) is 1. The Hall–Kier alpha value is -3.33. The van der Waals surface area contributed by atoms with Crippen molar-refractivity contribution in [3.63, 3.8) is 0 Å². The fourth-order valence-corrected chi connectivity index (χ4v) is 2.18. The van der Waals surface area contributed by atoms with E-state index in [2.05, 4.69) is 21.4 Å². The summed E-state index contributed by atoms with van der Waals surface area (Å²) in [5, 5.41) is 12.0. The zero-order valence-corrected chi connectivity index (χ0v) is 12.5. The highest BCUT2D eigenvalue weighted by Gasteiger charge is 2.07. The van der Waals surface area contributed by atoms with Crippen molar-refractivity contribution >= 4 is 28.6 Å². The van der Waals surface area contributed by atoms with Gasteiger partial charge in [-0.3, -0.25) is 0 Å². The first-order valence-corrected chi connectivity index (χ1v) is 7.13. The molecule has 23 heavy (non-hydrogen) atoms. The van der Waals surface area contributed by atoms with E-state index < -0.39 is 0 Å². The van der Waals surface area contributed by atoms with Crippen LogP contribution in [0.1, 0.15) is 22.8 Å². The van der Waals surface area contributed by atoms with Crippen molar-refractivity contribution in [3.05, 3.63) is 53.6 Å². The number of hydrogen-bond acceptors (Lipinski definition) is 5. The molecule has 114 valence electrons. The standard InChI is InChI=1S/C17H14N4O2/c1-2-23-16(22)12-4-6-13(7-5-12)19-17-20-14-8-3-11(10-18)9-15(14)21-17/h3-9H,2H2,1H3,(H2,19,20,21).